The van der Waals surface area contributed by atoms with Crippen LogP contribution >= 0.6 is 23.2 Å². The van der Waals surface area contributed by atoms with Gasteiger partial charge >= 0.3 is 5.97 Å². The third-order valence-electron chi connectivity index (χ3n) is 7.97. The molecule has 1 unspecified atom stereocenters. The maximum absolute atomic E-state index is 15.1. The number of halogens is 3. The molecule has 2 aromatic carbocycles. The Morgan fingerprint density at radius 2 is 1.68 bits per heavy atom. The van der Waals surface area contributed by atoms with Gasteiger partial charge in [0.15, 0.2) is 0 Å². The minimum absolute atomic E-state index is 0.0548. The van der Waals surface area contributed by atoms with Gasteiger partial charge in [-0.1, -0.05) is 23.2 Å². The molecule has 204 valence electrons. The molecule has 1 atom stereocenters. The molecule has 1 saturated carbocycles. The van der Waals surface area contributed by atoms with Gasteiger partial charge in [-0.15, -0.1) is 0 Å². The quantitative estimate of drug-likeness (QED) is 0.384. The van der Waals surface area contributed by atoms with Crippen molar-refractivity contribution in [2.75, 3.05) is 26.2 Å². The van der Waals surface area contributed by atoms with E-state index in [9.17, 15) is 14.7 Å². The molecule has 2 aliphatic heterocycles. The van der Waals surface area contributed by atoms with Crippen molar-refractivity contribution in [1.82, 2.24) is 9.80 Å². The van der Waals surface area contributed by atoms with Crippen LogP contribution in [-0.4, -0.2) is 59.1 Å². The summed E-state index contributed by atoms with van der Waals surface area (Å²) in [4.78, 5) is 28.3. The van der Waals surface area contributed by atoms with E-state index in [0.717, 1.165) is 62.9 Å². The van der Waals surface area contributed by atoms with Crippen molar-refractivity contribution in [3.63, 3.8) is 0 Å². The van der Waals surface area contributed by atoms with E-state index in [2.05, 4.69) is 4.90 Å². The average molecular weight is 563 g/mol. The Bertz CT molecular complexity index is 1180. The number of hydrogen-bond acceptors (Lipinski definition) is 4. The van der Waals surface area contributed by atoms with Crippen LogP contribution in [0.1, 0.15) is 72.3 Å². The lowest BCUT2D eigenvalue weighted by Gasteiger charge is -2.32. The SMILES string of the molecule is O=C(O)C1CCCN1C(=O)c1cc(C2CC2)c(OCCC2CCN(Cc3cc(Cl)cc(Cl)c3)CC2)cc1F. The second-order valence-electron chi connectivity index (χ2n) is 10.8. The van der Waals surface area contributed by atoms with Gasteiger partial charge in [0.2, 0.25) is 0 Å². The molecule has 2 heterocycles. The van der Waals surface area contributed by atoms with Gasteiger partial charge in [0, 0.05) is 29.2 Å². The number of rotatable bonds is 9. The van der Waals surface area contributed by atoms with E-state index in [1.807, 2.05) is 12.1 Å². The Labute approximate surface area is 232 Å². The van der Waals surface area contributed by atoms with E-state index in [-0.39, 0.29) is 11.5 Å². The lowest BCUT2D eigenvalue weighted by molar-refractivity contribution is -0.141. The third kappa shape index (κ3) is 6.44. The summed E-state index contributed by atoms with van der Waals surface area (Å²) < 4.78 is 21.2. The van der Waals surface area contributed by atoms with Crippen molar-refractivity contribution in [1.29, 1.82) is 0 Å². The molecule has 3 fully saturated rings. The zero-order chi connectivity index (χ0) is 26.8. The molecule has 2 saturated heterocycles. The van der Waals surface area contributed by atoms with Gasteiger partial charge in [-0.3, -0.25) is 9.69 Å². The number of carboxylic acid groups (broad SMARTS) is 1. The van der Waals surface area contributed by atoms with Crippen molar-refractivity contribution in [2.45, 2.75) is 63.5 Å². The van der Waals surface area contributed by atoms with Crippen LogP contribution < -0.4 is 4.74 Å². The number of hydrogen-bond donors (Lipinski definition) is 1. The summed E-state index contributed by atoms with van der Waals surface area (Å²) in [5.41, 5.74) is 1.92. The molecule has 1 N–H and O–H groups in total. The fraction of sp³-hybridized carbons (Fsp3) is 0.517. The predicted molar refractivity (Wildman–Crippen MR) is 145 cm³/mol. The van der Waals surface area contributed by atoms with E-state index < -0.39 is 23.7 Å². The zero-order valence-corrected chi connectivity index (χ0v) is 22.8. The van der Waals surface area contributed by atoms with Crippen molar-refractivity contribution in [3.8, 4) is 5.75 Å². The van der Waals surface area contributed by atoms with E-state index >= 15 is 4.39 Å². The topological polar surface area (TPSA) is 70.1 Å². The smallest absolute Gasteiger partial charge is 0.326 e. The first-order chi connectivity index (χ1) is 18.3. The largest absolute Gasteiger partial charge is 0.493 e. The first-order valence-electron chi connectivity index (χ1n) is 13.5. The average Bonchev–Trinajstić information content (AvgIpc) is 3.59. The minimum Gasteiger partial charge on any atom is -0.493 e. The number of ether oxygens (including phenoxy) is 1. The molecular formula is C29H33Cl2FN2O4. The molecule has 0 aromatic heterocycles. The molecule has 38 heavy (non-hydrogen) atoms. The standard InChI is InChI=1S/C29H33Cl2FN2O4/c30-21-12-19(13-22(31)14-21)17-33-9-5-18(6-10-33)7-11-38-27-16-25(32)24(15-23(27)20-3-4-20)28(35)34-8-1-2-26(34)29(36)37/h12-16,18,20,26H,1-11,17H2,(H,36,37). The number of amides is 1. The molecule has 1 amide bonds. The summed E-state index contributed by atoms with van der Waals surface area (Å²) in [6.07, 6.45) is 5.98. The molecule has 3 aliphatic rings. The maximum atomic E-state index is 15.1. The third-order valence-corrected chi connectivity index (χ3v) is 8.40. The zero-order valence-electron chi connectivity index (χ0n) is 21.3. The second kappa shape index (κ2) is 11.8. The van der Waals surface area contributed by atoms with E-state index in [1.54, 1.807) is 12.1 Å². The van der Waals surface area contributed by atoms with Crippen molar-refractivity contribution >= 4 is 35.1 Å². The molecular weight excluding hydrogens is 530 g/mol. The van der Waals surface area contributed by atoms with Gasteiger partial charge in [0.1, 0.15) is 17.6 Å². The van der Waals surface area contributed by atoms with Gasteiger partial charge in [0.25, 0.3) is 5.91 Å². The number of carbonyl (C=O) groups excluding carboxylic acids is 1. The van der Waals surface area contributed by atoms with Gasteiger partial charge in [-0.05, 0) is 105 Å². The van der Waals surface area contributed by atoms with Crippen LogP contribution in [0.3, 0.4) is 0 Å². The monoisotopic (exact) mass is 562 g/mol. The molecule has 9 heteroatoms. The highest BCUT2D eigenvalue weighted by Crippen LogP contribution is 2.45. The summed E-state index contributed by atoms with van der Waals surface area (Å²) in [6, 6.07) is 7.69. The molecule has 0 spiro atoms. The fourth-order valence-electron chi connectivity index (χ4n) is 5.72. The number of benzene rings is 2. The Balaban J connectivity index is 1.16. The molecule has 0 radical (unpaired) electrons. The van der Waals surface area contributed by atoms with Gasteiger partial charge < -0.3 is 14.7 Å². The maximum Gasteiger partial charge on any atom is 0.326 e. The number of carboxylic acids is 1. The summed E-state index contributed by atoms with van der Waals surface area (Å²) in [5, 5.41) is 10.7. The summed E-state index contributed by atoms with van der Waals surface area (Å²) in [5.74, 6) is -0.944. The lowest BCUT2D eigenvalue weighted by Crippen LogP contribution is -2.40. The Morgan fingerprint density at radius 3 is 2.34 bits per heavy atom. The van der Waals surface area contributed by atoms with Crippen LogP contribution in [-0.2, 0) is 11.3 Å². The summed E-state index contributed by atoms with van der Waals surface area (Å²) in [6.45, 7) is 3.62. The van der Waals surface area contributed by atoms with Crippen molar-refractivity contribution in [2.24, 2.45) is 5.92 Å². The van der Waals surface area contributed by atoms with Crippen LogP contribution in [0, 0.1) is 11.7 Å². The first kappa shape index (κ1) is 27.2. The Morgan fingerprint density at radius 1 is 0.974 bits per heavy atom. The molecule has 0 bridgehead atoms. The number of aliphatic carboxylic acids is 1. The molecule has 5 rings (SSSR count). The highest BCUT2D eigenvalue weighted by molar-refractivity contribution is 6.34. The van der Waals surface area contributed by atoms with E-state index in [1.165, 1.54) is 11.0 Å². The number of nitrogens with zero attached hydrogens (tertiary/aromatic N) is 2. The first-order valence-corrected chi connectivity index (χ1v) is 14.2. The second-order valence-corrected chi connectivity index (χ2v) is 11.6. The normalized spacial score (nSPS) is 20.6. The Hall–Kier alpha value is -2.35. The highest BCUT2D eigenvalue weighted by Gasteiger charge is 2.37. The molecule has 2 aromatic rings. The number of likely N-dealkylation sites (tertiary alicyclic amines) is 2. The number of carbonyl (C=O) groups is 2. The lowest BCUT2D eigenvalue weighted by atomic mass is 9.93. The number of piperidine rings is 1. The van der Waals surface area contributed by atoms with Crippen LogP contribution in [0.5, 0.6) is 5.75 Å². The van der Waals surface area contributed by atoms with Crippen LogP contribution in [0.4, 0.5) is 4.39 Å². The van der Waals surface area contributed by atoms with Gasteiger partial charge in [-0.25, -0.2) is 9.18 Å². The van der Waals surface area contributed by atoms with Crippen LogP contribution in [0.25, 0.3) is 0 Å². The van der Waals surface area contributed by atoms with Crippen molar-refractivity contribution in [3.05, 3.63) is 62.9 Å². The van der Waals surface area contributed by atoms with E-state index in [4.69, 9.17) is 27.9 Å². The Kier molecular flexibility index (Phi) is 8.46. The van der Waals surface area contributed by atoms with E-state index in [0.29, 0.717) is 47.7 Å². The fourth-order valence-corrected chi connectivity index (χ4v) is 6.30. The van der Waals surface area contributed by atoms with Crippen LogP contribution in [0.15, 0.2) is 30.3 Å². The predicted octanol–water partition coefficient (Wildman–Crippen LogP) is 6.38. The van der Waals surface area contributed by atoms with Crippen LogP contribution in [0.2, 0.25) is 10.0 Å². The minimum atomic E-state index is -1.04. The highest BCUT2D eigenvalue weighted by atomic mass is 35.5. The van der Waals surface area contributed by atoms with Gasteiger partial charge in [0.05, 0.1) is 12.2 Å². The van der Waals surface area contributed by atoms with Gasteiger partial charge in [-0.2, -0.15) is 0 Å². The molecule has 1 aliphatic carbocycles. The van der Waals surface area contributed by atoms with Crippen molar-refractivity contribution < 1.29 is 23.8 Å². The molecule has 6 nitrogen and oxygen atoms in total. The summed E-state index contributed by atoms with van der Waals surface area (Å²) in [7, 11) is 0. The summed E-state index contributed by atoms with van der Waals surface area (Å²) >= 11 is 12.3.